The van der Waals surface area contributed by atoms with Gasteiger partial charge in [0.1, 0.15) is 0 Å². The van der Waals surface area contributed by atoms with E-state index in [0.29, 0.717) is 0 Å². The molecule has 0 atom stereocenters. The summed E-state index contributed by atoms with van der Waals surface area (Å²) < 4.78 is 2.18. The van der Waals surface area contributed by atoms with Gasteiger partial charge in [-0.3, -0.25) is 0 Å². The molecule has 1 nitrogen and oxygen atoms in total. The van der Waals surface area contributed by atoms with Gasteiger partial charge in [0.2, 0.25) is 0 Å². The fourth-order valence-electron chi connectivity index (χ4n) is 2.10. The molecule has 0 radical (unpaired) electrons. The molecule has 0 aromatic heterocycles. The lowest BCUT2D eigenvalue weighted by Gasteiger charge is -2.06. The molecule has 0 spiro atoms. The van der Waals surface area contributed by atoms with E-state index in [1.165, 1.54) is 22.0 Å². The van der Waals surface area contributed by atoms with Crippen LogP contribution in [0.3, 0.4) is 0 Å². The van der Waals surface area contributed by atoms with Crippen LogP contribution in [0.4, 0.5) is 0 Å². The number of fused-ring (bicyclic) bond motifs is 3. The minimum absolute atomic E-state index is 1.32. The molecule has 0 unspecified atom stereocenters. The predicted molar refractivity (Wildman–Crippen MR) is 59.5 cm³/mol. The second-order valence-electron chi connectivity index (χ2n) is 3.65. The molecule has 0 saturated heterocycles. The van der Waals surface area contributed by atoms with Crippen LogP contribution in [-0.4, -0.2) is 4.57 Å². The molecule has 0 saturated carbocycles. The highest BCUT2D eigenvalue weighted by Crippen LogP contribution is 2.32. The first kappa shape index (κ1) is 7.63. The Balaban J connectivity index is 2.57. The Hall–Kier alpha value is -1.76. The van der Waals surface area contributed by atoms with Crippen molar-refractivity contribution in [2.24, 2.45) is 7.05 Å². The zero-order chi connectivity index (χ0) is 9.54. The largest absolute Gasteiger partial charge is 0.350 e. The fourth-order valence-corrected chi connectivity index (χ4v) is 2.10. The molecule has 0 amide bonds. The molecular formula is C13H11N. The summed E-state index contributed by atoms with van der Waals surface area (Å²) in [5.41, 5.74) is 2.64. The van der Waals surface area contributed by atoms with E-state index >= 15 is 0 Å². The summed E-state index contributed by atoms with van der Waals surface area (Å²) in [4.78, 5) is 0. The molecule has 1 heteroatoms. The molecular weight excluding hydrogens is 170 g/mol. The predicted octanol–water partition coefficient (Wildman–Crippen LogP) is 3.28. The maximum Gasteiger partial charge on any atom is 0.0556 e. The number of hydrogen-bond donors (Lipinski definition) is 0. The van der Waals surface area contributed by atoms with Crippen molar-refractivity contribution in [2.45, 2.75) is 0 Å². The lowest BCUT2D eigenvalue weighted by molar-refractivity contribution is 0.921. The number of nitrogens with zero attached hydrogens (tertiary/aromatic N) is 1. The average molecular weight is 181 g/mol. The standard InChI is InChI=1S/C13H11N/c1-14-8-4-6-11-9-10-5-2-3-7-12(10)13(11)14/h2-9H,1H3. The molecule has 68 valence electrons. The van der Waals surface area contributed by atoms with Crippen LogP contribution in [0.2, 0.25) is 0 Å². The van der Waals surface area contributed by atoms with Crippen molar-refractivity contribution in [3.05, 3.63) is 48.7 Å². The minimum Gasteiger partial charge on any atom is -0.350 e. The van der Waals surface area contributed by atoms with Gasteiger partial charge in [-0.15, -0.1) is 0 Å². The minimum atomic E-state index is 1.32. The molecule has 2 aliphatic rings. The number of benzene rings is 1. The summed E-state index contributed by atoms with van der Waals surface area (Å²) in [6, 6.07) is 15.0. The number of aromatic nitrogens is 1. The third-order valence-electron chi connectivity index (χ3n) is 2.74. The van der Waals surface area contributed by atoms with Crippen molar-refractivity contribution in [2.75, 3.05) is 0 Å². The van der Waals surface area contributed by atoms with Gasteiger partial charge in [-0.25, -0.2) is 0 Å². The van der Waals surface area contributed by atoms with E-state index in [4.69, 9.17) is 0 Å². The molecule has 1 aromatic carbocycles. The van der Waals surface area contributed by atoms with E-state index in [1.54, 1.807) is 0 Å². The lowest BCUT2D eigenvalue weighted by atomic mass is 10.2. The number of aryl methyl sites for hydroxylation is 1. The molecule has 1 aliphatic heterocycles. The van der Waals surface area contributed by atoms with Gasteiger partial charge in [-0.1, -0.05) is 30.3 Å². The quantitative estimate of drug-likeness (QED) is 0.501. The molecule has 14 heavy (non-hydrogen) atoms. The zero-order valence-electron chi connectivity index (χ0n) is 8.07. The van der Waals surface area contributed by atoms with Crippen LogP contribution in [0.25, 0.3) is 22.0 Å². The maximum absolute atomic E-state index is 2.24. The first-order chi connectivity index (χ1) is 6.86. The maximum atomic E-state index is 2.24. The van der Waals surface area contributed by atoms with Crippen molar-refractivity contribution in [3.8, 4) is 11.3 Å². The third kappa shape index (κ3) is 0.896. The van der Waals surface area contributed by atoms with Gasteiger partial charge in [0.15, 0.2) is 0 Å². The van der Waals surface area contributed by atoms with Gasteiger partial charge in [0, 0.05) is 18.6 Å². The molecule has 0 bridgehead atoms. The Kier molecular flexibility index (Phi) is 1.42. The number of pyridine rings is 1. The van der Waals surface area contributed by atoms with Crippen molar-refractivity contribution < 1.29 is 0 Å². The Bertz CT molecular complexity index is 563. The normalized spacial score (nSPS) is 11.2. The molecule has 3 rings (SSSR count). The van der Waals surface area contributed by atoms with Crippen molar-refractivity contribution in [1.82, 2.24) is 4.57 Å². The lowest BCUT2D eigenvalue weighted by Crippen LogP contribution is -1.93. The fraction of sp³-hybridized carbons (Fsp3) is 0.0769. The molecule has 0 fully saturated rings. The van der Waals surface area contributed by atoms with Crippen molar-refractivity contribution in [3.63, 3.8) is 0 Å². The van der Waals surface area contributed by atoms with Crippen molar-refractivity contribution in [1.29, 1.82) is 0 Å². The first-order valence-electron chi connectivity index (χ1n) is 4.79. The number of hydrogen-bond acceptors (Lipinski definition) is 0. The number of rotatable bonds is 0. The molecule has 1 aromatic rings. The second kappa shape index (κ2) is 2.61. The Morgan fingerprint density at radius 1 is 1.00 bits per heavy atom. The second-order valence-corrected chi connectivity index (χ2v) is 3.65. The van der Waals surface area contributed by atoms with E-state index in [1.807, 2.05) is 0 Å². The van der Waals surface area contributed by atoms with E-state index in [0.717, 1.165) is 0 Å². The van der Waals surface area contributed by atoms with Crippen molar-refractivity contribution >= 4 is 10.8 Å². The summed E-state index contributed by atoms with van der Waals surface area (Å²) in [5.74, 6) is 0. The Morgan fingerprint density at radius 3 is 2.79 bits per heavy atom. The van der Waals surface area contributed by atoms with E-state index < -0.39 is 0 Å². The average Bonchev–Trinajstić information content (AvgIpc) is 2.57. The monoisotopic (exact) mass is 181 g/mol. The van der Waals surface area contributed by atoms with Crippen LogP contribution >= 0.6 is 0 Å². The van der Waals surface area contributed by atoms with Gasteiger partial charge in [0.05, 0.1) is 5.69 Å². The zero-order valence-corrected chi connectivity index (χ0v) is 8.07. The topological polar surface area (TPSA) is 4.93 Å². The van der Waals surface area contributed by atoms with Gasteiger partial charge >= 0.3 is 0 Å². The summed E-state index contributed by atoms with van der Waals surface area (Å²) in [6.45, 7) is 0. The highest BCUT2D eigenvalue weighted by molar-refractivity contribution is 6.00. The first-order valence-corrected chi connectivity index (χ1v) is 4.79. The third-order valence-corrected chi connectivity index (χ3v) is 2.74. The highest BCUT2D eigenvalue weighted by atomic mass is 14.9. The van der Waals surface area contributed by atoms with Crippen LogP contribution in [0.1, 0.15) is 0 Å². The smallest absolute Gasteiger partial charge is 0.0556 e. The Labute approximate surface area is 82.9 Å². The van der Waals surface area contributed by atoms with Crippen LogP contribution in [0.5, 0.6) is 0 Å². The summed E-state index contributed by atoms with van der Waals surface area (Å²) in [6.07, 6.45) is 2.09. The van der Waals surface area contributed by atoms with E-state index in [9.17, 15) is 0 Å². The SMILES string of the molecule is Cn1cccc2cc3ccccc3c1-2. The summed E-state index contributed by atoms with van der Waals surface area (Å²) in [5, 5.41) is 2.66. The van der Waals surface area contributed by atoms with E-state index in [-0.39, 0.29) is 0 Å². The van der Waals surface area contributed by atoms with Crippen LogP contribution in [0.15, 0.2) is 48.7 Å². The van der Waals surface area contributed by atoms with Crippen LogP contribution in [0, 0.1) is 0 Å². The molecule has 1 heterocycles. The summed E-state index contributed by atoms with van der Waals surface area (Å²) in [7, 11) is 2.09. The summed E-state index contributed by atoms with van der Waals surface area (Å²) >= 11 is 0. The van der Waals surface area contributed by atoms with Gasteiger partial charge in [-0.05, 0) is 23.1 Å². The van der Waals surface area contributed by atoms with Crippen LogP contribution < -0.4 is 0 Å². The van der Waals surface area contributed by atoms with Crippen LogP contribution in [-0.2, 0) is 7.05 Å². The van der Waals surface area contributed by atoms with E-state index in [2.05, 4.69) is 60.3 Å². The molecule has 0 N–H and O–H groups in total. The van der Waals surface area contributed by atoms with Gasteiger partial charge in [-0.2, -0.15) is 0 Å². The van der Waals surface area contributed by atoms with Gasteiger partial charge < -0.3 is 4.57 Å². The molecule has 1 aliphatic carbocycles. The highest BCUT2D eigenvalue weighted by Gasteiger charge is 2.09. The van der Waals surface area contributed by atoms with Gasteiger partial charge in [0.25, 0.3) is 0 Å². The Morgan fingerprint density at radius 2 is 1.86 bits per heavy atom.